The summed E-state index contributed by atoms with van der Waals surface area (Å²) in [7, 11) is 0. The summed E-state index contributed by atoms with van der Waals surface area (Å²) in [6, 6.07) is -2.88. The summed E-state index contributed by atoms with van der Waals surface area (Å²) in [5, 5.41) is 221. The molecule has 0 aromatic rings. The Morgan fingerprint density at radius 1 is 0.330 bits per heavy atom. The highest BCUT2D eigenvalue weighted by molar-refractivity contribution is 7.99. The van der Waals surface area contributed by atoms with Crippen LogP contribution in [-0.2, 0) is 75.9 Å². The molecule has 14 unspecified atom stereocenters. The fourth-order valence-corrected chi connectivity index (χ4v) is 13.2. The standard InChI is InChI=1S/C48H80N2O36S2/c49-11(40(69)70)7-87-9-20-38-26(61)28(63)43(79-20)73-14-1-13(56)42(74-15(14)2-51)81-34-16(3-52)75-46(29(64)22(34)57)86-39-21(10-88-8-12(50)41(71)72)80-48(33(68)27(39)62)84-37-19(6-55)77-45(31(66)24(37)59)82-35-17(4-53)76-44(30(65)23(35)58)83-36-18(5-54)78-47(85-38)32(67)25(36)60/h11-39,42-48,51-68H,1-10,49-50H2,(H,69,70)(H,71,72)/t11-,12-,13?,14+,15?,16?,17?,18?,19?,20?,21?,22-,23-,24-,25-,26-,27-,28?,29?,30?,31?,32?,33?,34+,35+,36+,37+,38+,39+,42+,43-,44+,45+,46-,47+,48+/m1/s1. The van der Waals surface area contributed by atoms with Gasteiger partial charge < -0.3 is 180 Å². The summed E-state index contributed by atoms with van der Waals surface area (Å²) in [5.74, 6) is -4.07. The van der Waals surface area contributed by atoms with Crippen molar-refractivity contribution in [3.05, 3.63) is 0 Å². The fraction of sp³-hybridized carbons (Fsp3) is 0.958. The van der Waals surface area contributed by atoms with Crippen LogP contribution >= 0.6 is 23.5 Å². The molecule has 0 amide bonds. The number of carboxylic acids is 2. The number of carboxylic acid groups (broad SMARTS) is 2. The second-order valence-electron chi connectivity index (χ2n) is 22.1. The van der Waals surface area contributed by atoms with E-state index in [9.17, 15) is 112 Å². The van der Waals surface area contributed by atoms with Gasteiger partial charge in [-0.05, 0) is 0 Å². The number of thioether (sulfide) groups is 2. The fourth-order valence-electron chi connectivity index (χ4n) is 11.1. The number of aliphatic carboxylic acids is 2. The van der Waals surface area contributed by atoms with Crippen LogP contribution < -0.4 is 11.5 Å². The first-order chi connectivity index (χ1) is 41.8. The van der Waals surface area contributed by atoms with Gasteiger partial charge in [0, 0.05) is 29.4 Å². The van der Waals surface area contributed by atoms with E-state index in [4.69, 9.17) is 77.8 Å². The van der Waals surface area contributed by atoms with Crippen molar-refractivity contribution in [2.24, 2.45) is 11.5 Å². The molecule has 21 aliphatic rings. The minimum Gasteiger partial charge on any atom is -0.480 e. The Morgan fingerprint density at radius 2 is 0.557 bits per heavy atom. The predicted octanol–water partition coefficient (Wildman–Crippen LogP) is -13.9. The molecule has 0 saturated carbocycles. The largest absolute Gasteiger partial charge is 0.480 e. The topological polar surface area (TPSA) is 620 Å². The summed E-state index contributed by atoms with van der Waals surface area (Å²) >= 11 is 1.67. The van der Waals surface area contributed by atoms with Gasteiger partial charge in [-0.25, -0.2) is 0 Å². The van der Waals surface area contributed by atoms with E-state index in [-0.39, 0.29) is 23.0 Å². The summed E-state index contributed by atoms with van der Waals surface area (Å²) in [6.45, 7) is -5.14. The Hall–Kier alpha value is -1.72. The molecule has 21 fully saturated rings. The molecule has 88 heavy (non-hydrogen) atoms. The number of ether oxygens (including phenoxy) is 14. The highest BCUT2D eigenvalue weighted by Crippen LogP contribution is 2.39. The van der Waals surface area contributed by atoms with Gasteiger partial charge in [0.05, 0.1) is 51.3 Å². The average Bonchev–Trinajstić information content (AvgIpc) is 1.18. The number of carbonyl (C=O) groups is 2. The molecule has 21 aliphatic heterocycles. The maximum atomic E-state index is 11.7. The van der Waals surface area contributed by atoms with Crippen LogP contribution in [0.1, 0.15) is 6.42 Å². The molecule has 24 N–H and O–H groups in total. The van der Waals surface area contributed by atoms with Crippen molar-refractivity contribution in [3.63, 3.8) is 0 Å². The molecule has 0 spiro atoms. The van der Waals surface area contributed by atoms with Gasteiger partial charge in [0.15, 0.2) is 44.0 Å². The maximum Gasteiger partial charge on any atom is 0.321 e. The lowest BCUT2D eigenvalue weighted by atomic mass is 9.95. The van der Waals surface area contributed by atoms with Gasteiger partial charge in [0.25, 0.3) is 0 Å². The number of hydrogen-bond donors (Lipinski definition) is 22. The molecule has 0 aliphatic carbocycles. The first-order valence-corrected chi connectivity index (χ1v) is 30.3. The number of hydrogen-bond acceptors (Lipinski definition) is 38. The molecule has 40 heteroatoms. The van der Waals surface area contributed by atoms with E-state index >= 15 is 0 Å². The van der Waals surface area contributed by atoms with Crippen LogP contribution in [0.2, 0.25) is 0 Å². The monoisotopic (exact) mass is 1320 g/mol. The lowest BCUT2D eigenvalue weighted by molar-refractivity contribution is -0.395. The Balaban J connectivity index is 1.10. The van der Waals surface area contributed by atoms with Crippen LogP contribution in [0, 0.1) is 0 Å². The molecule has 21 heterocycles. The lowest BCUT2D eigenvalue weighted by Gasteiger charge is -2.50. The minimum atomic E-state index is -2.24. The molecule has 0 aromatic carbocycles. The summed E-state index contributed by atoms with van der Waals surface area (Å²) in [6.07, 6.45) is -66.8. The zero-order valence-corrected chi connectivity index (χ0v) is 47.9. The molecule has 36 atom stereocenters. The minimum absolute atomic E-state index is 0.276. The van der Waals surface area contributed by atoms with Crippen molar-refractivity contribution in [1.29, 1.82) is 0 Å². The number of rotatable bonds is 15. The zero-order valence-electron chi connectivity index (χ0n) is 46.3. The van der Waals surface area contributed by atoms with E-state index in [1.807, 2.05) is 0 Å². The smallest absolute Gasteiger partial charge is 0.321 e. The average molecular weight is 1330 g/mol. The molecule has 21 rings (SSSR count). The van der Waals surface area contributed by atoms with Crippen LogP contribution in [0.5, 0.6) is 0 Å². The first-order valence-electron chi connectivity index (χ1n) is 27.9. The van der Waals surface area contributed by atoms with Gasteiger partial charge in [-0.15, -0.1) is 0 Å². The van der Waals surface area contributed by atoms with Crippen molar-refractivity contribution in [3.8, 4) is 0 Å². The lowest BCUT2D eigenvalue weighted by Crippen LogP contribution is -2.68. The zero-order chi connectivity index (χ0) is 64.3. The summed E-state index contributed by atoms with van der Waals surface area (Å²) in [5.41, 5.74) is 11.4. The predicted molar refractivity (Wildman–Crippen MR) is 279 cm³/mol. The van der Waals surface area contributed by atoms with Crippen LogP contribution in [0.15, 0.2) is 0 Å². The van der Waals surface area contributed by atoms with E-state index in [1.165, 1.54) is 0 Å². The SMILES string of the molecule is N[C@H](CSCC1O[C@H]2O[C@H]3CC(O)[C@@H](OC3CO)O[C@H]3C(CO)O[C@H](O[C@H]4C(CSC[C@@H](N)C(=O)O)O[C@@H](O[C@H]5C(CO)O[C@@H](O[C@H]6C(CO)O[C@@H](O[C@H]7C(CO)O[C@@H](O[C@@H]1[C@H](O)C2O)C(O)[C@H]7O)C(O)[C@H]6O)C(O)[C@H]5O)C(O)[C@H]4O)C(O)[C@H]3O)C(=O)O. The highest BCUT2D eigenvalue weighted by Gasteiger charge is 2.59. The summed E-state index contributed by atoms with van der Waals surface area (Å²) in [4.78, 5) is 23.2. The van der Waals surface area contributed by atoms with Gasteiger partial charge in [-0.1, -0.05) is 0 Å². The van der Waals surface area contributed by atoms with Gasteiger partial charge in [-0.2, -0.15) is 23.5 Å². The van der Waals surface area contributed by atoms with E-state index in [1.54, 1.807) is 0 Å². The number of nitrogens with two attached hydrogens (primary N) is 2. The molecule has 0 aromatic heterocycles. The number of aliphatic hydroxyl groups is 18. The van der Waals surface area contributed by atoms with E-state index < -0.39 is 272 Å². The molecular weight excluding hydrogens is 1240 g/mol. The highest BCUT2D eigenvalue weighted by atomic mass is 32.2. The Labute approximate surface area is 507 Å². The molecule has 21 saturated heterocycles. The molecule has 38 nitrogen and oxygen atoms in total. The Kier molecular flexibility index (Phi) is 26.0. The van der Waals surface area contributed by atoms with Gasteiger partial charge in [-0.3, -0.25) is 9.59 Å². The van der Waals surface area contributed by atoms with Crippen LogP contribution in [0.25, 0.3) is 0 Å². The first kappa shape index (κ1) is 72.1. The van der Waals surface area contributed by atoms with Crippen LogP contribution in [0.4, 0.5) is 0 Å². The normalized spacial score (nSPS) is 49.7. The van der Waals surface area contributed by atoms with Crippen molar-refractivity contribution < 1.29 is 178 Å². The molecule has 510 valence electrons. The van der Waals surface area contributed by atoms with Crippen LogP contribution in [-0.4, -0.2) is 391 Å². The van der Waals surface area contributed by atoms with Gasteiger partial charge in [0.1, 0.15) is 159 Å². The molecular formula is C48H80N2O36S2. The summed E-state index contributed by atoms with van der Waals surface area (Å²) < 4.78 is 82.2. The maximum absolute atomic E-state index is 11.7. The van der Waals surface area contributed by atoms with Gasteiger partial charge >= 0.3 is 11.9 Å². The second-order valence-corrected chi connectivity index (χ2v) is 24.3. The van der Waals surface area contributed by atoms with Crippen molar-refractivity contribution in [2.75, 3.05) is 56.0 Å². The van der Waals surface area contributed by atoms with Gasteiger partial charge in [0.2, 0.25) is 0 Å². The third-order valence-electron chi connectivity index (χ3n) is 16.1. The quantitative estimate of drug-likeness (QED) is 0.0724. The van der Waals surface area contributed by atoms with Crippen molar-refractivity contribution >= 4 is 35.5 Å². The molecule has 14 bridgehead atoms. The second kappa shape index (κ2) is 31.7. The van der Waals surface area contributed by atoms with Crippen molar-refractivity contribution in [1.82, 2.24) is 0 Å². The van der Waals surface area contributed by atoms with Crippen molar-refractivity contribution in [2.45, 2.75) is 227 Å². The third-order valence-corrected chi connectivity index (χ3v) is 18.4. The Bertz CT molecular complexity index is 2190. The van der Waals surface area contributed by atoms with E-state index in [2.05, 4.69) is 0 Å². The van der Waals surface area contributed by atoms with Crippen LogP contribution in [0.3, 0.4) is 0 Å². The van der Waals surface area contributed by atoms with E-state index in [0.29, 0.717) is 0 Å². The molecule has 0 radical (unpaired) electrons. The Morgan fingerprint density at radius 3 is 0.818 bits per heavy atom. The number of aliphatic hydroxyl groups excluding tert-OH is 18. The van der Waals surface area contributed by atoms with E-state index in [0.717, 1.165) is 23.5 Å². The third kappa shape index (κ3) is 15.8.